The summed E-state index contributed by atoms with van der Waals surface area (Å²) >= 11 is 6.01. The van der Waals surface area contributed by atoms with Crippen LogP contribution in [0.1, 0.15) is 16.6 Å². The van der Waals surface area contributed by atoms with Crippen molar-refractivity contribution < 1.29 is 26.8 Å². The lowest BCUT2D eigenvalue weighted by Crippen LogP contribution is -2.42. The van der Waals surface area contributed by atoms with Gasteiger partial charge in [-0.2, -0.15) is 0 Å². The third-order valence-electron chi connectivity index (χ3n) is 4.43. The van der Waals surface area contributed by atoms with E-state index in [-0.39, 0.29) is 17.2 Å². The molecule has 0 aliphatic heterocycles. The molecule has 0 aliphatic carbocycles. The number of benzene rings is 2. The van der Waals surface area contributed by atoms with Crippen molar-refractivity contribution in [1.29, 1.82) is 0 Å². The number of rotatable bonds is 7. The van der Waals surface area contributed by atoms with Gasteiger partial charge < -0.3 is 15.1 Å². The predicted molar refractivity (Wildman–Crippen MR) is 111 cm³/mol. The summed E-state index contributed by atoms with van der Waals surface area (Å²) < 4.78 is 44.5. The Kier molecular flexibility index (Phi) is 7.09. The number of hydrogen-bond donors (Lipinski definition) is 2. The molecule has 2 N–H and O–H groups in total. The van der Waals surface area contributed by atoms with E-state index in [9.17, 15) is 22.4 Å². The minimum atomic E-state index is -4.05. The monoisotopic (exact) mass is 464 g/mol. The van der Waals surface area contributed by atoms with E-state index in [0.717, 1.165) is 24.3 Å². The van der Waals surface area contributed by atoms with Crippen LogP contribution in [0.25, 0.3) is 0 Å². The Labute approximate surface area is 183 Å². The minimum absolute atomic E-state index is 0.0292. The van der Waals surface area contributed by atoms with E-state index in [1.54, 1.807) is 24.3 Å². The number of nitrogens with one attached hydrogen (secondary N) is 2. The maximum absolute atomic E-state index is 13.2. The van der Waals surface area contributed by atoms with E-state index in [4.69, 9.17) is 16.0 Å². The Bertz CT molecular complexity index is 1160. The van der Waals surface area contributed by atoms with Crippen molar-refractivity contribution >= 4 is 33.3 Å². The highest BCUT2D eigenvalue weighted by atomic mass is 35.5. The predicted octanol–water partition coefficient (Wildman–Crippen LogP) is 3.02. The molecule has 0 saturated carbocycles. The summed E-state index contributed by atoms with van der Waals surface area (Å²) in [6.45, 7) is -0.396. The smallest absolute Gasteiger partial charge is 0.309 e. The van der Waals surface area contributed by atoms with Gasteiger partial charge >= 0.3 is 11.8 Å². The zero-order chi connectivity index (χ0) is 22.4. The van der Waals surface area contributed by atoms with Gasteiger partial charge in [0.05, 0.1) is 11.2 Å². The van der Waals surface area contributed by atoms with E-state index < -0.39 is 39.3 Å². The van der Waals surface area contributed by atoms with Gasteiger partial charge in [0, 0.05) is 18.1 Å². The standard InChI is InChI=1S/C21H18ClFN2O5S/c22-17-5-2-1-4-14(17)12-24-20(26)21(27)25-13-19(18-6-3-11-30-18)31(28,29)16-9-7-15(23)8-10-16/h1-11,19H,12-13H2,(H,24,26)(H,25,27)/t19-/m1/s1. The average Bonchev–Trinajstić information content (AvgIpc) is 3.27. The van der Waals surface area contributed by atoms with Crippen LogP contribution in [0.5, 0.6) is 0 Å². The number of sulfone groups is 1. The SMILES string of the molecule is O=C(NCc1ccccc1Cl)C(=O)NC[C@H](c1ccco1)S(=O)(=O)c1ccc(F)cc1. The summed E-state index contributed by atoms with van der Waals surface area (Å²) in [5, 5.41) is 3.86. The Morgan fingerprint density at radius 1 is 0.968 bits per heavy atom. The van der Waals surface area contributed by atoms with E-state index in [0.29, 0.717) is 10.6 Å². The molecule has 7 nitrogen and oxygen atoms in total. The van der Waals surface area contributed by atoms with Crippen LogP contribution in [0.3, 0.4) is 0 Å². The average molecular weight is 465 g/mol. The zero-order valence-electron chi connectivity index (χ0n) is 16.0. The molecule has 2 amide bonds. The van der Waals surface area contributed by atoms with Gasteiger partial charge in [0.25, 0.3) is 0 Å². The third kappa shape index (κ3) is 5.50. The van der Waals surface area contributed by atoms with E-state index in [1.807, 2.05) is 0 Å². The van der Waals surface area contributed by atoms with Crippen molar-refractivity contribution in [1.82, 2.24) is 10.6 Å². The second-order valence-electron chi connectivity index (χ2n) is 6.49. The highest BCUT2D eigenvalue weighted by Gasteiger charge is 2.32. The lowest BCUT2D eigenvalue weighted by molar-refractivity contribution is -0.139. The zero-order valence-corrected chi connectivity index (χ0v) is 17.6. The van der Waals surface area contributed by atoms with E-state index in [1.165, 1.54) is 18.4 Å². The highest BCUT2D eigenvalue weighted by Crippen LogP contribution is 2.29. The second-order valence-corrected chi connectivity index (χ2v) is 9.02. The van der Waals surface area contributed by atoms with Gasteiger partial charge in [-0.25, -0.2) is 12.8 Å². The molecule has 3 aromatic rings. The number of amides is 2. The van der Waals surface area contributed by atoms with Crippen molar-refractivity contribution in [3.05, 3.63) is 89.1 Å². The molecule has 0 aliphatic rings. The third-order valence-corrected chi connectivity index (χ3v) is 6.87. The van der Waals surface area contributed by atoms with Crippen molar-refractivity contribution in [2.75, 3.05) is 6.54 Å². The van der Waals surface area contributed by atoms with Crippen molar-refractivity contribution in [3.8, 4) is 0 Å². The van der Waals surface area contributed by atoms with Crippen molar-refractivity contribution in [2.24, 2.45) is 0 Å². The fourth-order valence-electron chi connectivity index (χ4n) is 2.79. The molecule has 31 heavy (non-hydrogen) atoms. The Morgan fingerprint density at radius 2 is 1.65 bits per heavy atom. The first-order valence-electron chi connectivity index (χ1n) is 9.11. The quantitative estimate of drug-likeness (QED) is 0.413. The second kappa shape index (κ2) is 9.76. The fourth-order valence-corrected chi connectivity index (χ4v) is 4.58. The number of carbonyl (C=O) groups is 2. The first-order valence-corrected chi connectivity index (χ1v) is 11.0. The normalized spacial score (nSPS) is 12.2. The van der Waals surface area contributed by atoms with Crippen molar-refractivity contribution in [3.63, 3.8) is 0 Å². The van der Waals surface area contributed by atoms with Crippen LogP contribution in [-0.2, 0) is 26.0 Å². The Morgan fingerprint density at radius 3 is 2.29 bits per heavy atom. The summed E-state index contributed by atoms with van der Waals surface area (Å²) in [5.41, 5.74) is 0.623. The maximum Gasteiger partial charge on any atom is 0.309 e. The minimum Gasteiger partial charge on any atom is -0.468 e. The van der Waals surface area contributed by atoms with Gasteiger partial charge in [-0.3, -0.25) is 9.59 Å². The molecule has 1 aromatic heterocycles. The molecule has 162 valence electrons. The number of halogens is 2. The Balaban J connectivity index is 1.69. The molecule has 0 spiro atoms. The lowest BCUT2D eigenvalue weighted by Gasteiger charge is -2.16. The topological polar surface area (TPSA) is 105 Å². The van der Waals surface area contributed by atoms with E-state index >= 15 is 0 Å². The fraction of sp³-hybridized carbons (Fsp3) is 0.143. The van der Waals surface area contributed by atoms with Crippen LogP contribution < -0.4 is 10.6 Å². The molecule has 0 saturated heterocycles. The van der Waals surface area contributed by atoms with Gasteiger partial charge in [-0.15, -0.1) is 0 Å². The molecule has 1 atom stereocenters. The largest absolute Gasteiger partial charge is 0.468 e. The lowest BCUT2D eigenvalue weighted by atomic mass is 10.2. The number of furan rings is 1. The molecule has 2 aromatic carbocycles. The Hall–Kier alpha value is -3.17. The van der Waals surface area contributed by atoms with Gasteiger partial charge in [-0.05, 0) is 48.0 Å². The van der Waals surface area contributed by atoms with E-state index in [2.05, 4.69) is 10.6 Å². The summed E-state index contributed by atoms with van der Waals surface area (Å²) in [7, 11) is -4.05. The summed E-state index contributed by atoms with van der Waals surface area (Å²) in [6.07, 6.45) is 1.29. The highest BCUT2D eigenvalue weighted by molar-refractivity contribution is 7.91. The number of hydrogen-bond acceptors (Lipinski definition) is 5. The molecular formula is C21H18ClFN2O5S. The van der Waals surface area contributed by atoms with Crippen molar-refractivity contribution in [2.45, 2.75) is 16.7 Å². The first-order chi connectivity index (χ1) is 14.8. The first kappa shape index (κ1) is 22.5. The molecular weight excluding hydrogens is 447 g/mol. The summed E-state index contributed by atoms with van der Waals surface area (Å²) in [5.74, 6) is -2.48. The van der Waals surface area contributed by atoms with Gasteiger partial charge in [-0.1, -0.05) is 29.8 Å². The molecule has 10 heteroatoms. The summed E-state index contributed by atoms with van der Waals surface area (Å²) in [6, 6.07) is 14.0. The van der Waals surface area contributed by atoms with Gasteiger partial charge in [0.2, 0.25) is 0 Å². The molecule has 0 radical (unpaired) electrons. The molecule has 0 unspecified atom stereocenters. The van der Waals surface area contributed by atoms with Crippen LogP contribution in [0, 0.1) is 5.82 Å². The van der Waals surface area contributed by atoms with Crippen LogP contribution in [0.15, 0.2) is 76.2 Å². The van der Waals surface area contributed by atoms with Crippen LogP contribution in [0.2, 0.25) is 5.02 Å². The molecule has 1 heterocycles. The van der Waals surface area contributed by atoms with Gasteiger partial charge in [0.1, 0.15) is 16.8 Å². The van der Waals surface area contributed by atoms with Crippen LogP contribution in [-0.4, -0.2) is 26.8 Å². The molecule has 0 bridgehead atoms. The summed E-state index contributed by atoms with van der Waals surface area (Å²) in [4.78, 5) is 24.2. The number of carbonyl (C=O) groups excluding carboxylic acids is 2. The van der Waals surface area contributed by atoms with Gasteiger partial charge in [0.15, 0.2) is 9.84 Å². The maximum atomic E-state index is 13.2. The van der Waals surface area contributed by atoms with Crippen LogP contribution >= 0.6 is 11.6 Å². The van der Waals surface area contributed by atoms with Crippen LogP contribution in [0.4, 0.5) is 4.39 Å². The molecule has 0 fully saturated rings. The molecule has 3 rings (SSSR count).